The van der Waals surface area contributed by atoms with E-state index in [-0.39, 0.29) is 5.91 Å². The monoisotopic (exact) mass is 287 g/mol. The SMILES string of the molecule is O=C(Nc1ncnc2nc[nH]c12)C(Cl)c1ccccc1. The fourth-order valence-corrected chi connectivity index (χ4v) is 2.01. The molecule has 2 heterocycles. The van der Waals surface area contributed by atoms with Crippen LogP contribution in [0.2, 0.25) is 0 Å². The van der Waals surface area contributed by atoms with Crippen molar-refractivity contribution in [3.8, 4) is 0 Å². The molecule has 0 radical (unpaired) electrons. The fourth-order valence-electron chi connectivity index (χ4n) is 1.81. The van der Waals surface area contributed by atoms with Gasteiger partial charge in [0.1, 0.15) is 17.2 Å². The van der Waals surface area contributed by atoms with Gasteiger partial charge in [-0.05, 0) is 5.56 Å². The van der Waals surface area contributed by atoms with Gasteiger partial charge in [-0.25, -0.2) is 15.0 Å². The average molecular weight is 288 g/mol. The molecule has 3 rings (SSSR count). The Morgan fingerprint density at radius 1 is 1.20 bits per heavy atom. The lowest BCUT2D eigenvalue weighted by atomic mass is 10.1. The molecule has 0 fully saturated rings. The van der Waals surface area contributed by atoms with Crippen molar-refractivity contribution in [3.05, 3.63) is 48.5 Å². The maximum atomic E-state index is 12.1. The van der Waals surface area contributed by atoms with E-state index in [2.05, 4.69) is 25.3 Å². The van der Waals surface area contributed by atoms with E-state index in [4.69, 9.17) is 11.6 Å². The van der Waals surface area contributed by atoms with Crippen LogP contribution < -0.4 is 5.32 Å². The van der Waals surface area contributed by atoms with Gasteiger partial charge >= 0.3 is 0 Å². The summed E-state index contributed by atoms with van der Waals surface area (Å²) in [5, 5.41) is 1.89. The number of amides is 1. The van der Waals surface area contributed by atoms with Gasteiger partial charge in [-0.1, -0.05) is 30.3 Å². The van der Waals surface area contributed by atoms with Crippen molar-refractivity contribution in [3.63, 3.8) is 0 Å². The molecule has 6 nitrogen and oxygen atoms in total. The van der Waals surface area contributed by atoms with Crippen molar-refractivity contribution in [2.45, 2.75) is 5.38 Å². The molecule has 1 atom stereocenters. The summed E-state index contributed by atoms with van der Waals surface area (Å²) in [4.78, 5) is 27.0. The number of aromatic nitrogens is 4. The van der Waals surface area contributed by atoms with E-state index in [1.165, 1.54) is 12.7 Å². The Morgan fingerprint density at radius 3 is 2.80 bits per heavy atom. The topological polar surface area (TPSA) is 83.6 Å². The number of alkyl halides is 1. The molecule has 1 aromatic carbocycles. The van der Waals surface area contributed by atoms with Gasteiger partial charge in [-0.2, -0.15) is 0 Å². The van der Waals surface area contributed by atoms with E-state index < -0.39 is 5.38 Å². The van der Waals surface area contributed by atoms with Gasteiger partial charge in [0.2, 0.25) is 5.91 Å². The molecular weight excluding hydrogens is 278 g/mol. The molecule has 1 amide bonds. The Labute approximate surface area is 119 Å². The minimum Gasteiger partial charge on any atom is -0.340 e. The number of carbonyl (C=O) groups excluding carboxylic acids is 1. The molecule has 0 aliphatic carbocycles. The van der Waals surface area contributed by atoms with Crippen molar-refractivity contribution in [1.82, 2.24) is 19.9 Å². The highest BCUT2D eigenvalue weighted by Gasteiger charge is 2.19. The van der Waals surface area contributed by atoms with E-state index in [1.807, 2.05) is 18.2 Å². The molecule has 7 heteroatoms. The van der Waals surface area contributed by atoms with E-state index >= 15 is 0 Å². The lowest BCUT2D eigenvalue weighted by Gasteiger charge is -2.10. The number of anilines is 1. The highest BCUT2D eigenvalue weighted by atomic mass is 35.5. The third-order valence-corrected chi connectivity index (χ3v) is 3.24. The van der Waals surface area contributed by atoms with Gasteiger partial charge in [-0.3, -0.25) is 4.79 Å². The fraction of sp³-hybridized carbons (Fsp3) is 0.0769. The Bertz CT molecular complexity index is 743. The number of nitrogens with zero attached hydrogens (tertiary/aromatic N) is 3. The number of H-pyrrole nitrogens is 1. The zero-order chi connectivity index (χ0) is 13.9. The first kappa shape index (κ1) is 12.6. The van der Waals surface area contributed by atoms with Gasteiger partial charge in [-0.15, -0.1) is 11.6 Å². The van der Waals surface area contributed by atoms with Crippen LogP contribution in [-0.2, 0) is 4.79 Å². The van der Waals surface area contributed by atoms with E-state index in [9.17, 15) is 4.79 Å². The van der Waals surface area contributed by atoms with Crippen molar-refractivity contribution >= 4 is 34.5 Å². The van der Waals surface area contributed by atoms with Crippen LogP contribution in [0, 0.1) is 0 Å². The van der Waals surface area contributed by atoms with Crippen molar-refractivity contribution < 1.29 is 4.79 Å². The largest absolute Gasteiger partial charge is 0.340 e. The quantitative estimate of drug-likeness (QED) is 0.724. The number of rotatable bonds is 3. The standard InChI is InChI=1S/C13H10ClN5O/c14-9(8-4-2-1-3-5-8)13(20)19-12-10-11(16-6-15-10)17-7-18-12/h1-7,9H,(H2,15,16,17,18,19,20). The Hall–Kier alpha value is -2.47. The summed E-state index contributed by atoms with van der Waals surface area (Å²) in [6, 6.07) is 9.11. The minimum absolute atomic E-state index is 0.354. The Morgan fingerprint density at radius 2 is 2.00 bits per heavy atom. The average Bonchev–Trinajstić information content (AvgIpc) is 2.97. The third-order valence-electron chi connectivity index (χ3n) is 2.79. The van der Waals surface area contributed by atoms with Crippen LogP contribution >= 0.6 is 11.6 Å². The molecule has 2 N–H and O–H groups in total. The van der Waals surface area contributed by atoms with Crippen molar-refractivity contribution in [2.75, 3.05) is 5.32 Å². The highest BCUT2D eigenvalue weighted by molar-refractivity contribution is 6.32. The predicted molar refractivity (Wildman–Crippen MR) is 75.3 cm³/mol. The maximum absolute atomic E-state index is 12.1. The first-order valence-electron chi connectivity index (χ1n) is 5.89. The summed E-state index contributed by atoms with van der Waals surface area (Å²) >= 11 is 6.15. The van der Waals surface area contributed by atoms with E-state index in [0.29, 0.717) is 17.0 Å². The second-order valence-electron chi connectivity index (χ2n) is 4.09. The van der Waals surface area contributed by atoms with Gasteiger partial charge < -0.3 is 10.3 Å². The number of carbonyl (C=O) groups is 1. The molecule has 2 aromatic heterocycles. The zero-order valence-electron chi connectivity index (χ0n) is 10.2. The number of benzene rings is 1. The molecule has 0 spiro atoms. The summed E-state index contributed by atoms with van der Waals surface area (Å²) in [5.74, 6) is 0.00606. The summed E-state index contributed by atoms with van der Waals surface area (Å²) in [6.07, 6.45) is 2.83. The molecule has 100 valence electrons. The first-order valence-corrected chi connectivity index (χ1v) is 6.33. The number of imidazole rings is 1. The Balaban J connectivity index is 1.84. The van der Waals surface area contributed by atoms with Gasteiger partial charge in [0.15, 0.2) is 11.5 Å². The highest BCUT2D eigenvalue weighted by Crippen LogP contribution is 2.23. The van der Waals surface area contributed by atoms with Crippen LogP contribution in [0.25, 0.3) is 11.2 Å². The summed E-state index contributed by atoms with van der Waals surface area (Å²) in [6.45, 7) is 0. The van der Waals surface area contributed by atoms with Crippen LogP contribution in [0.1, 0.15) is 10.9 Å². The maximum Gasteiger partial charge on any atom is 0.248 e. The minimum atomic E-state index is -0.788. The summed E-state index contributed by atoms with van der Waals surface area (Å²) < 4.78 is 0. The van der Waals surface area contributed by atoms with Crippen LogP contribution in [0.15, 0.2) is 43.0 Å². The molecule has 0 aliphatic rings. The van der Waals surface area contributed by atoms with Gasteiger partial charge in [0, 0.05) is 0 Å². The van der Waals surface area contributed by atoms with Gasteiger partial charge in [0.05, 0.1) is 6.33 Å². The van der Waals surface area contributed by atoms with Crippen LogP contribution in [0.4, 0.5) is 5.82 Å². The number of hydrogen-bond donors (Lipinski definition) is 2. The smallest absolute Gasteiger partial charge is 0.248 e. The molecule has 0 saturated heterocycles. The number of aromatic amines is 1. The van der Waals surface area contributed by atoms with Crippen molar-refractivity contribution in [1.29, 1.82) is 0 Å². The van der Waals surface area contributed by atoms with Crippen LogP contribution in [-0.4, -0.2) is 25.8 Å². The Kier molecular flexibility index (Phi) is 3.30. The van der Waals surface area contributed by atoms with E-state index in [1.54, 1.807) is 12.1 Å². The van der Waals surface area contributed by atoms with Crippen LogP contribution in [0.5, 0.6) is 0 Å². The molecular formula is C13H10ClN5O. The molecule has 3 aromatic rings. The predicted octanol–water partition coefficient (Wildman–Crippen LogP) is 2.27. The number of fused-ring (bicyclic) bond motifs is 1. The molecule has 20 heavy (non-hydrogen) atoms. The molecule has 0 saturated carbocycles. The second-order valence-corrected chi connectivity index (χ2v) is 4.52. The number of hydrogen-bond acceptors (Lipinski definition) is 4. The zero-order valence-corrected chi connectivity index (χ0v) is 11.0. The first-order chi connectivity index (χ1) is 9.75. The van der Waals surface area contributed by atoms with Crippen molar-refractivity contribution in [2.24, 2.45) is 0 Å². The molecule has 0 bridgehead atoms. The van der Waals surface area contributed by atoms with Gasteiger partial charge in [0.25, 0.3) is 0 Å². The van der Waals surface area contributed by atoms with Crippen LogP contribution in [0.3, 0.4) is 0 Å². The number of nitrogens with one attached hydrogen (secondary N) is 2. The summed E-state index contributed by atoms with van der Waals surface area (Å²) in [7, 11) is 0. The third kappa shape index (κ3) is 2.33. The lowest BCUT2D eigenvalue weighted by Crippen LogP contribution is -2.18. The second kappa shape index (κ2) is 5.26. The summed E-state index contributed by atoms with van der Waals surface area (Å²) in [5.41, 5.74) is 1.78. The lowest BCUT2D eigenvalue weighted by molar-refractivity contribution is -0.116. The number of halogens is 1. The molecule has 0 aliphatic heterocycles. The normalized spacial score (nSPS) is 12.2. The molecule has 1 unspecified atom stereocenters. The van der Waals surface area contributed by atoms with E-state index in [0.717, 1.165) is 5.56 Å².